The molecule has 0 bridgehead atoms. The Labute approximate surface area is 133 Å². The van der Waals surface area contributed by atoms with Crippen LogP contribution in [0.3, 0.4) is 0 Å². The molecule has 4 nitrogen and oxygen atoms in total. The van der Waals surface area contributed by atoms with Gasteiger partial charge in [-0.3, -0.25) is 9.59 Å². The molecule has 5 heteroatoms. The number of ketones is 1. The lowest BCUT2D eigenvalue weighted by Crippen LogP contribution is -2.39. The number of anilines is 1. The molecule has 118 valence electrons. The number of Topliss-reactive ketones (excluding diaryl/α,β-unsaturated/α-hetero) is 1. The number of hydrogen-bond acceptors (Lipinski definition) is 3. The van der Waals surface area contributed by atoms with E-state index in [9.17, 15) is 14.0 Å². The van der Waals surface area contributed by atoms with E-state index < -0.39 is 0 Å². The average Bonchev–Trinajstić information content (AvgIpc) is 2.53. The van der Waals surface area contributed by atoms with Crippen molar-refractivity contribution in [1.29, 1.82) is 0 Å². The lowest BCUT2D eigenvalue weighted by Gasteiger charge is -2.30. The smallest absolute Gasteiger partial charge is 0.231 e. The van der Waals surface area contributed by atoms with Crippen LogP contribution in [0.1, 0.15) is 22.8 Å². The van der Waals surface area contributed by atoms with E-state index in [-0.39, 0.29) is 23.9 Å². The zero-order chi connectivity index (χ0) is 16.4. The zero-order valence-corrected chi connectivity index (χ0v) is 12.7. The first-order valence-electron chi connectivity index (χ1n) is 7.37. The van der Waals surface area contributed by atoms with Gasteiger partial charge in [-0.15, -0.1) is 0 Å². The van der Waals surface area contributed by atoms with Gasteiger partial charge < -0.3 is 9.64 Å². The van der Waals surface area contributed by atoms with E-state index in [1.807, 2.05) is 0 Å². The third kappa shape index (κ3) is 3.23. The first-order chi connectivity index (χ1) is 11.0. The van der Waals surface area contributed by atoms with Gasteiger partial charge in [0, 0.05) is 5.56 Å². The summed E-state index contributed by atoms with van der Waals surface area (Å²) in [5.74, 6) is -0.0119. The summed E-state index contributed by atoms with van der Waals surface area (Å²) in [5.41, 5.74) is 1.73. The Morgan fingerprint density at radius 2 is 2.04 bits per heavy atom. The topological polar surface area (TPSA) is 46.6 Å². The van der Waals surface area contributed by atoms with Crippen molar-refractivity contribution in [3.63, 3.8) is 0 Å². The number of fused-ring (bicyclic) bond motifs is 1. The highest BCUT2D eigenvalue weighted by molar-refractivity contribution is 6.00. The van der Waals surface area contributed by atoms with Gasteiger partial charge in [0.05, 0.1) is 18.7 Å². The van der Waals surface area contributed by atoms with Gasteiger partial charge in [-0.1, -0.05) is 12.1 Å². The average molecular weight is 313 g/mol. The van der Waals surface area contributed by atoms with Crippen molar-refractivity contribution in [2.75, 3.05) is 18.1 Å². The maximum atomic E-state index is 13.3. The third-order valence-corrected chi connectivity index (χ3v) is 3.77. The Morgan fingerprint density at radius 3 is 2.78 bits per heavy atom. The minimum absolute atomic E-state index is 0.0732. The molecule has 1 amide bonds. The molecule has 0 fully saturated rings. The maximum Gasteiger partial charge on any atom is 0.231 e. The maximum absolute atomic E-state index is 13.3. The molecule has 1 aliphatic rings. The van der Waals surface area contributed by atoms with Crippen LogP contribution in [0.4, 0.5) is 10.1 Å². The summed E-state index contributed by atoms with van der Waals surface area (Å²) < 4.78 is 18.8. The van der Waals surface area contributed by atoms with E-state index in [1.165, 1.54) is 19.1 Å². The molecule has 0 radical (unpaired) electrons. The monoisotopic (exact) mass is 313 g/mol. The molecule has 0 spiro atoms. The van der Waals surface area contributed by atoms with E-state index in [1.54, 1.807) is 35.2 Å². The van der Waals surface area contributed by atoms with Crippen molar-refractivity contribution in [2.24, 2.45) is 0 Å². The summed E-state index contributed by atoms with van der Waals surface area (Å²) in [5, 5.41) is 0. The molecule has 0 aromatic heterocycles. The first kappa shape index (κ1) is 15.2. The van der Waals surface area contributed by atoms with E-state index in [4.69, 9.17) is 4.74 Å². The number of nitrogens with zero attached hydrogens (tertiary/aromatic N) is 1. The largest absolute Gasteiger partial charge is 0.490 e. The minimum atomic E-state index is -0.364. The van der Waals surface area contributed by atoms with Crippen molar-refractivity contribution in [3.8, 4) is 5.75 Å². The fourth-order valence-electron chi connectivity index (χ4n) is 2.61. The molecular weight excluding hydrogens is 297 g/mol. The van der Waals surface area contributed by atoms with Crippen LogP contribution in [0.2, 0.25) is 0 Å². The summed E-state index contributed by atoms with van der Waals surface area (Å²) in [6.07, 6.45) is 0.0987. The second-order valence-corrected chi connectivity index (χ2v) is 5.44. The number of halogens is 1. The van der Waals surface area contributed by atoms with Gasteiger partial charge >= 0.3 is 0 Å². The van der Waals surface area contributed by atoms with Crippen molar-refractivity contribution < 1.29 is 18.7 Å². The highest BCUT2D eigenvalue weighted by Gasteiger charge is 2.24. The third-order valence-electron chi connectivity index (χ3n) is 3.77. The summed E-state index contributed by atoms with van der Waals surface area (Å²) in [6.45, 7) is 2.27. The fraction of sp³-hybridized carbons (Fsp3) is 0.222. The molecule has 1 aliphatic heterocycles. The van der Waals surface area contributed by atoms with Crippen LogP contribution in [0.25, 0.3) is 0 Å². The summed E-state index contributed by atoms with van der Waals surface area (Å²) >= 11 is 0. The van der Waals surface area contributed by atoms with Crippen molar-refractivity contribution in [1.82, 2.24) is 0 Å². The first-order valence-corrected chi connectivity index (χ1v) is 7.37. The van der Waals surface area contributed by atoms with Gasteiger partial charge in [0.15, 0.2) is 5.78 Å². The van der Waals surface area contributed by atoms with E-state index in [2.05, 4.69) is 0 Å². The van der Waals surface area contributed by atoms with Gasteiger partial charge in [0.1, 0.15) is 18.2 Å². The zero-order valence-electron chi connectivity index (χ0n) is 12.7. The molecule has 3 rings (SSSR count). The summed E-state index contributed by atoms with van der Waals surface area (Å²) in [6, 6.07) is 11.0. The molecule has 23 heavy (non-hydrogen) atoms. The highest BCUT2D eigenvalue weighted by Crippen LogP contribution is 2.33. The Morgan fingerprint density at radius 1 is 1.22 bits per heavy atom. The van der Waals surface area contributed by atoms with Gasteiger partial charge in [0.2, 0.25) is 5.91 Å². The molecule has 2 aromatic rings. The van der Waals surface area contributed by atoms with Gasteiger partial charge in [-0.2, -0.15) is 0 Å². The molecular formula is C18H16FNO3. The molecule has 0 aliphatic carbocycles. The van der Waals surface area contributed by atoms with Crippen LogP contribution in [0.5, 0.6) is 5.75 Å². The van der Waals surface area contributed by atoms with Gasteiger partial charge in [-0.25, -0.2) is 4.39 Å². The Balaban J connectivity index is 1.88. The normalized spacial score (nSPS) is 13.2. The van der Waals surface area contributed by atoms with Gasteiger partial charge in [-0.05, 0) is 42.8 Å². The molecule has 0 unspecified atom stereocenters. The Bertz CT molecular complexity index is 773. The Kier molecular flexibility index (Phi) is 4.10. The number of benzene rings is 2. The fourth-order valence-corrected chi connectivity index (χ4v) is 2.61. The van der Waals surface area contributed by atoms with Crippen molar-refractivity contribution in [2.45, 2.75) is 13.3 Å². The predicted molar refractivity (Wildman–Crippen MR) is 84.4 cm³/mol. The molecule has 2 aromatic carbocycles. The second-order valence-electron chi connectivity index (χ2n) is 5.44. The molecule has 0 saturated heterocycles. The van der Waals surface area contributed by atoms with Gasteiger partial charge in [0.25, 0.3) is 0 Å². The second kappa shape index (κ2) is 6.20. The lowest BCUT2D eigenvalue weighted by atomic mass is 10.1. The quantitative estimate of drug-likeness (QED) is 0.818. The number of carbonyl (C=O) groups is 2. The van der Waals surface area contributed by atoms with Crippen LogP contribution >= 0.6 is 0 Å². The summed E-state index contributed by atoms with van der Waals surface area (Å²) in [7, 11) is 0. The van der Waals surface area contributed by atoms with Crippen molar-refractivity contribution >= 4 is 17.4 Å². The van der Waals surface area contributed by atoms with E-state index in [0.717, 1.165) is 0 Å². The molecule has 0 atom stereocenters. The van der Waals surface area contributed by atoms with Crippen LogP contribution in [-0.2, 0) is 11.2 Å². The molecule has 0 saturated carbocycles. The standard InChI is InChI=1S/C18H16FNO3/c1-12(21)14-5-6-17-16(11-14)20(7-8-23-17)18(22)10-13-3-2-4-15(19)9-13/h2-6,9,11H,7-8,10H2,1H3. The van der Waals surface area contributed by atoms with Crippen LogP contribution in [0, 0.1) is 5.82 Å². The number of amides is 1. The van der Waals surface area contributed by atoms with E-state index >= 15 is 0 Å². The van der Waals surface area contributed by atoms with Crippen LogP contribution in [-0.4, -0.2) is 24.8 Å². The molecule has 1 heterocycles. The van der Waals surface area contributed by atoms with Crippen LogP contribution < -0.4 is 9.64 Å². The number of carbonyl (C=O) groups excluding carboxylic acids is 2. The lowest BCUT2D eigenvalue weighted by molar-refractivity contribution is -0.118. The minimum Gasteiger partial charge on any atom is -0.490 e. The molecule has 0 N–H and O–H groups in total. The summed E-state index contributed by atoms with van der Waals surface area (Å²) in [4.78, 5) is 25.7. The predicted octanol–water partition coefficient (Wildman–Crippen LogP) is 3.00. The van der Waals surface area contributed by atoms with Crippen LogP contribution in [0.15, 0.2) is 42.5 Å². The SMILES string of the molecule is CC(=O)c1ccc2c(c1)N(C(=O)Cc1cccc(F)c1)CCO2. The Hall–Kier alpha value is -2.69. The van der Waals surface area contributed by atoms with E-state index in [0.29, 0.717) is 35.7 Å². The highest BCUT2D eigenvalue weighted by atomic mass is 19.1. The van der Waals surface area contributed by atoms with Crippen molar-refractivity contribution in [3.05, 3.63) is 59.4 Å². The number of hydrogen-bond donors (Lipinski definition) is 0. The number of ether oxygens (including phenoxy) is 1. The number of rotatable bonds is 3.